The van der Waals surface area contributed by atoms with Crippen LogP contribution in [0.2, 0.25) is 0 Å². The summed E-state index contributed by atoms with van der Waals surface area (Å²) in [7, 11) is 0. The highest BCUT2D eigenvalue weighted by molar-refractivity contribution is 5.32. The number of anilines is 1. The molecule has 0 spiro atoms. The van der Waals surface area contributed by atoms with E-state index in [4.69, 9.17) is 0 Å². The summed E-state index contributed by atoms with van der Waals surface area (Å²) in [4.78, 5) is 16.3. The largest absolute Gasteiger partial charge is 0.388 e. The maximum absolute atomic E-state index is 12.2. The first-order chi connectivity index (χ1) is 8.32. The van der Waals surface area contributed by atoms with Gasteiger partial charge in [-0.25, -0.2) is 4.98 Å². The molecule has 0 atom stereocenters. The van der Waals surface area contributed by atoms with E-state index in [-0.39, 0.29) is 11.1 Å². The summed E-state index contributed by atoms with van der Waals surface area (Å²) in [6.45, 7) is 6.30. The standard InChI is InChI=1S/C13H21N3O2/c1-12(2,3)16-8-7-14-10(11(16)17)15-9-13(18)5-4-6-13/h7-8,18H,4-6,9H2,1-3H3,(H,14,15). The molecule has 5 heteroatoms. The van der Waals surface area contributed by atoms with E-state index in [1.807, 2.05) is 20.8 Å². The third kappa shape index (κ3) is 2.56. The molecule has 1 aromatic rings. The van der Waals surface area contributed by atoms with E-state index in [0.29, 0.717) is 12.4 Å². The zero-order chi connectivity index (χ0) is 13.4. The van der Waals surface area contributed by atoms with Gasteiger partial charge in [-0.2, -0.15) is 0 Å². The maximum Gasteiger partial charge on any atom is 0.293 e. The second-order valence-electron chi connectivity index (χ2n) is 6.05. The fourth-order valence-corrected chi connectivity index (χ4v) is 2.07. The molecule has 100 valence electrons. The lowest BCUT2D eigenvalue weighted by Crippen LogP contribution is -2.44. The lowest BCUT2D eigenvalue weighted by atomic mass is 9.80. The Labute approximate surface area is 107 Å². The average Bonchev–Trinajstić information content (AvgIpc) is 2.23. The Balaban J connectivity index is 2.16. The summed E-state index contributed by atoms with van der Waals surface area (Å²) in [5.41, 5.74) is -1.08. The zero-order valence-corrected chi connectivity index (χ0v) is 11.2. The number of hydrogen-bond acceptors (Lipinski definition) is 4. The average molecular weight is 251 g/mol. The highest BCUT2D eigenvalue weighted by Gasteiger charge is 2.34. The number of aromatic nitrogens is 2. The molecule has 0 unspecified atom stereocenters. The van der Waals surface area contributed by atoms with E-state index in [1.165, 1.54) is 0 Å². The van der Waals surface area contributed by atoms with E-state index in [2.05, 4.69) is 10.3 Å². The van der Waals surface area contributed by atoms with Crippen molar-refractivity contribution in [2.24, 2.45) is 0 Å². The third-order valence-corrected chi connectivity index (χ3v) is 3.43. The Morgan fingerprint density at radius 2 is 2.17 bits per heavy atom. The van der Waals surface area contributed by atoms with Gasteiger partial charge in [-0.3, -0.25) is 4.79 Å². The van der Waals surface area contributed by atoms with Crippen LogP contribution in [0.4, 0.5) is 5.82 Å². The first-order valence-corrected chi connectivity index (χ1v) is 6.36. The van der Waals surface area contributed by atoms with Crippen LogP contribution in [0.25, 0.3) is 0 Å². The smallest absolute Gasteiger partial charge is 0.293 e. The van der Waals surface area contributed by atoms with Crippen LogP contribution in [0.15, 0.2) is 17.2 Å². The Kier molecular flexibility index (Phi) is 3.19. The van der Waals surface area contributed by atoms with Gasteiger partial charge in [-0.05, 0) is 40.0 Å². The van der Waals surface area contributed by atoms with Gasteiger partial charge < -0.3 is 15.0 Å². The summed E-state index contributed by atoms with van der Waals surface area (Å²) >= 11 is 0. The molecule has 5 nitrogen and oxygen atoms in total. The van der Waals surface area contributed by atoms with Crippen molar-refractivity contribution in [3.63, 3.8) is 0 Å². The molecule has 1 aliphatic rings. The molecule has 0 amide bonds. The van der Waals surface area contributed by atoms with Crippen molar-refractivity contribution >= 4 is 5.82 Å². The minimum atomic E-state index is -0.656. The molecule has 0 bridgehead atoms. The van der Waals surface area contributed by atoms with Gasteiger partial charge in [0.15, 0.2) is 5.82 Å². The van der Waals surface area contributed by atoms with Crippen LogP contribution in [-0.4, -0.2) is 26.8 Å². The molecule has 1 heterocycles. The quantitative estimate of drug-likeness (QED) is 0.850. The molecule has 1 aromatic heterocycles. The van der Waals surface area contributed by atoms with Gasteiger partial charge in [0.05, 0.1) is 5.60 Å². The first kappa shape index (κ1) is 13.1. The molecule has 0 aromatic carbocycles. The van der Waals surface area contributed by atoms with E-state index < -0.39 is 5.60 Å². The van der Waals surface area contributed by atoms with Gasteiger partial charge in [0.1, 0.15) is 0 Å². The molecule has 0 saturated heterocycles. The molecule has 2 rings (SSSR count). The predicted molar refractivity (Wildman–Crippen MR) is 70.8 cm³/mol. The first-order valence-electron chi connectivity index (χ1n) is 6.36. The Morgan fingerprint density at radius 3 is 2.67 bits per heavy atom. The Bertz CT molecular complexity index is 484. The van der Waals surface area contributed by atoms with Gasteiger partial charge in [-0.15, -0.1) is 0 Å². The van der Waals surface area contributed by atoms with Crippen molar-refractivity contribution in [3.05, 3.63) is 22.7 Å². The molecule has 1 fully saturated rings. The van der Waals surface area contributed by atoms with Gasteiger partial charge in [0, 0.05) is 24.5 Å². The molecule has 1 aliphatic carbocycles. The van der Waals surface area contributed by atoms with Crippen molar-refractivity contribution < 1.29 is 5.11 Å². The van der Waals surface area contributed by atoms with Crippen LogP contribution in [0, 0.1) is 0 Å². The number of aliphatic hydroxyl groups is 1. The highest BCUT2D eigenvalue weighted by atomic mass is 16.3. The minimum Gasteiger partial charge on any atom is -0.388 e. The van der Waals surface area contributed by atoms with Crippen LogP contribution >= 0.6 is 0 Å². The summed E-state index contributed by atoms with van der Waals surface area (Å²) in [6, 6.07) is 0. The second kappa shape index (κ2) is 4.39. The summed E-state index contributed by atoms with van der Waals surface area (Å²) in [5.74, 6) is 0.313. The number of nitrogens with zero attached hydrogens (tertiary/aromatic N) is 2. The topological polar surface area (TPSA) is 67.2 Å². The SMILES string of the molecule is CC(C)(C)n1ccnc(NCC2(O)CCC2)c1=O. The molecule has 18 heavy (non-hydrogen) atoms. The fraction of sp³-hybridized carbons (Fsp3) is 0.692. The number of hydrogen-bond donors (Lipinski definition) is 2. The van der Waals surface area contributed by atoms with Crippen molar-refractivity contribution in [2.45, 2.75) is 51.2 Å². The van der Waals surface area contributed by atoms with Crippen LogP contribution in [0.3, 0.4) is 0 Å². The molecule has 2 N–H and O–H groups in total. The maximum atomic E-state index is 12.2. The van der Waals surface area contributed by atoms with E-state index in [1.54, 1.807) is 17.0 Å². The predicted octanol–water partition coefficient (Wildman–Crippen LogP) is 1.33. The van der Waals surface area contributed by atoms with Crippen molar-refractivity contribution in [1.82, 2.24) is 9.55 Å². The lowest BCUT2D eigenvalue weighted by molar-refractivity contribution is -0.0202. The van der Waals surface area contributed by atoms with Crippen LogP contribution in [0.5, 0.6) is 0 Å². The van der Waals surface area contributed by atoms with E-state index in [0.717, 1.165) is 19.3 Å². The summed E-state index contributed by atoms with van der Waals surface area (Å²) in [5, 5.41) is 13.0. The van der Waals surface area contributed by atoms with E-state index in [9.17, 15) is 9.90 Å². The normalized spacial score (nSPS) is 18.2. The van der Waals surface area contributed by atoms with Gasteiger partial charge in [-0.1, -0.05) is 0 Å². The van der Waals surface area contributed by atoms with Crippen LogP contribution in [-0.2, 0) is 5.54 Å². The van der Waals surface area contributed by atoms with Crippen molar-refractivity contribution in [1.29, 1.82) is 0 Å². The van der Waals surface area contributed by atoms with Gasteiger partial charge in [0.25, 0.3) is 5.56 Å². The van der Waals surface area contributed by atoms with Crippen LogP contribution in [0.1, 0.15) is 40.0 Å². The summed E-state index contributed by atoms with van der Waals surface area (Å²) in [6.07, 6.45) is 5.93. The molecular formula is C13H21N3O2. The molecular weight excluding hydrogens is 230 g/mol. The lowest BCUT2D eigenvalue weighted by Gasteiger charge is -2.36. The van der Waals surface area contributed by atoms with Gasteiger partial charge in [0.2, 0.25) is 0 Å². The highest BCUT2D eigenvalue weighted by Crippen LogP contribution is 2.31. The monoisotopic (exact) mass is 251 g/mol. The molecule has 1 saturated carbocycles. The van der Waals surface area contributed by atoms with Crippen LogP contribution < -0.4 is 10.9 Å². The van der Waals surface area contributed by atoms with Gasteiger partial charge >= 0.3 is 0 Å². The Hall–Kier alpha value is -1.36. The third-order valence-electron chi connectivity index (χ3n) is 3.43. The minimum absolute atomic E-state index is 0.145. The van der Waals surface area contributed by atoms with Crippen molar-refractivity contribution in [3.8, 4) is 0 Å². The fourth-order valence-electron chi connectivity index (χ4n) is 2.07. The number of rotatable bonds is 3. The number of nitrogens with one attached hydrogen (secondary N) is 1. The second-order valence-corrected chi connectivity index (χ2v) is 6.05. The van der Waals surface area contributed by atoms with Crippen molar-refractivity contribution in [2.75, 3.05) is 11.9 Å². The molecule has 0 radical (unpaired) electrons. The zero-order valence-electron chi connectivity index (χ0n) is 11.2. The molecule has 0 aliphatic heterocycles. The Morgan fingerprint density at radius 1 is 1.50 bits per heavy atom. The van der Waals surface area contributed by atoms with E-state index >= 15 is 0 Å². The summed E-state index contributed by atoms with van der Waals surface area (Å²) < 4.78 is 1.65.